The molecule has 2 rings (SSSR count). The summed E-state index contributed by atoms with van der Waals surface area (Å²) in [7, 11) is 2.08. The van der Waals surface area contributed by atoms with E-state index in [1.54, 1.807) is 0 Å². The zero-order valence-electron chi connectivity index (χ0n) is 10.7. The second-order valence-corrected chi connectivity index (χ2v) is 5.16. The lowest BCUT2D eigenvalue weighted by molar-refractivity contribution is 0.653. The van der Waals surface area contributed by atoms with Crippen LogP contribution >= 0.6 is 0 Å². The minimum absolute atomic E-state index is 0.0587. The number of anilines is 1. The molecule has 0 saturated heterocycles. The van der Waals surface area contributed by atoms with Gasteiger partial charge in [0.2, 0.25) is 0 Å². The number of hydrogen-bond acceptors (Lipinski definition) is 2. The molecule has 1 fully saturated rings. The molecule has 0 radical (unpaired) electrons. The molecule has 2 nitrogen and oxygen atoms in total. The molecule has 0 N–H and O–H groups in total. The van der Waals surface area contributed by atoms with Crippen molar-refractivity contribution in [2.24, 2.45) is 5.41 Å². The first-order valence-corrected chi connectivity index (χ1v) is 6.40. The van der Waals surface area contributed by atoms with Gasteiger partial charge < -0.3 is 4.90 Å². The SMILES string of the molecule is CCCc1ccc(N(C)CC2(C#N)CC2)cc1. The maximum Gasteiger partial charge on any atom is 0.0749 e. The van der Waals surface area contributed by atoms with Gasteiger partial charge in [0.1, 0.15) is 0 Å². The van der Waals surface area contributed by atoms with Crippen molar-refractivity contribution in [1.29, 1.82) is 5.26 Å². The van der Waals surface area contributed by atoms with Gasteiger partial charge in [-0.05, 0) is 37.0 Å². The van der Waals surface area contributed by atoms with Crippen LogP contribution in [0.15, 0.2) is 24.3 Å². The van der Waals surface area contributed by atoms with E-state index in [-0.39, 0.29) is 5.41 Å². The van der Waals surface area contributed by atoms with Gasteiger partial charge in [-0.25, -0.2) is 0 Å². The molecule has 1 aliphatic carbocycles. The molecule has 2 heteroatoms. The summed E-state index contributed by atoms with van der Waals surface area (Å²) >= 11 is 0. The van der Waals surface area contributed by atoms with E-state index < -0.39 is 0 Å². The van der Waals surface area contributed by atoms with Crippen LogP contribution in [0.1, 0.15) is 31.7 Å². The highest BCUT2D eigenvalue weighted by molar-refractivity contribution is 5.47. The second kappa shape index (κ2) is 4.79. The smallest absolute Gasteiger partial charge is 0.0749 e. The Morgan fingerprint density at radius 2 is 1.94 bits per heavy atom. The van der Waals surface area contributed by atoms with Gasteiger partial charge in [0.15, 0.2) is 0 Å². The Hall–Kier alpha value is -1.49. The lowest BCUT2D eigenvalue weighted by Gasteiger charge is -2.22. The summed E-state index contributed by atoms with van der Waals surface area (Å²) in [4.78, 5) is 2.20. The molecule has 1 aliphatic rings. The van der Waals surface area contributed by atoms with Crippen LogP contribution in [0.4, 0.5) is 5.69 Å². The van der Waals surface area contributed by atoms with Crippen molar-refractivity contribution in [2.45, 2.75) is 32.6 Å². The van der Waals surface area contributed by atoms with E-state index >= 15 is 0 Å². The van der Waals surface area contributed by atoms with Crippen molar-refractivity contribution in [3.63, 3.8) is 0 Å². The standard InChI is InChI=1S/C15H20N2/c1-3-4-13-5-7-14(8-6-13)17(2)12-15(11-16)9-10-15/h5-8H,3-4,9-10,12H2,1-2H3. The molecule has 17 heavy (non-hydrogen) atoms. The predicted octanol–water partition coefficient (Wildman–Crippen LogP) is 3.38. The van der Waals surface area contributed by atoms with Crippen LogP contribution in [0.5, 0.6) is 0 Å². The van der Waals surface area contributed by atoms with Gasteiger partial charge in [0, 0.05) is 19.3 Å². The summed E-state index contributed by atoms with van der Waals surface area (Å²) in [6, 6.07) is 11.2. The third kappa shape index (κ3) is 2.79. The van der Waals surface area contributed by atoms with Crippen LogP contribution in [-0.2, 0) is 6.42 Å². The van der Waals surface area contributed by atoms with Crippen LogP contribution < -0.4 is 4.90 Å². The first-order valence-electron chi connectivity index (χ1n) is 6.40. The lowest BCUT2D eigenvalue weighted by atomic mass is 10.1. The highest BCUT2D eigenvalue weighted by Gasteiger charge is 2.44. The molecule has 0 spiro atoms. The van der Waals surface area contributed by atoms with Crippen LogP contribution in [0.2, 0.25) is 0 Å². The minimum atomic E-state index is -0.0587. The number of aryl methyl sites for hydroxylation is 1. The maximum absolute atomic E-state index is 9.09. The van der Waals surface area contributed by atoms with Gasteiger partial charge in [0.25, 0.3) is 0 Å². The Labute approximate surface area is 104 Å². The molecule has 0 heterocycles. The van der Waals surface area contributed by atoms with E-state index in [0.29, 0.717) is 0 Å². The van der Waals surface area contributed by atoms with Crippen molar-refractivity contribution < 1.29 is 0 Å². The van der Waals surface area contributed by atoms with E-state index in [0.717, 1.165) is 25.8 Å². The van der Waals surface area contributed by atoms with Gasteiger partial charge >= 0.3 is 0 Å². The topological polar surface area (TPSA) is 27.0 Å². The zero-order valence-corrected chi connectivity index (χ0v) is 10.7. The molecule has 0 aliphatic heterocycles. The molecule has 1 aromatic carbocycles. The quantitative estimate of drug-likeness (QED) is 0.772. The van der Waals surface area contributed by atoms with Crippen LogP contribution in [0.3, 0.4) is 0 Å². The molecular formula is C15H20N2. The summed E-state index contributed by atoms with van der Waals surface area (Å²) in [6.07, 6.45) is 4.45. The first kappa shape index (κ1) is 12.0. The fourth-order valence-corrected chi connectivity index (χ4v) is 2.21. The molecule has 0 atom stereocenters. The summed E-state index contributed by atoms with van der Waals surface area (Å²) in [6.45, 7) is 3.06. The molecule has 90 valence electrons. The Bertz CT molecular complexity index is 410. The summed E-state index contributed by atoms with van der Waals surface area (Å²) in [5.41, 5.74) is 2.55. The molecule has 0 bridgehead atoms. The number of nitrogens with zero attached hydrogens (tertiary/aromatic N) is 2. The van der Waals surface area contributed by atoms with Gasteiger partial charge in [-0.1, -0.05) is 25.5 Å². The van der Waals surface area contributed by atoms with E-state index in [2.05, 4.69) is 49.2 Å². The van der Waals surface area contributed by atoms with E-state index in [1.165, 1.54) is 17.7 Å². The largest absolute Gasteiger partial charge is 0.373 e. The van der Waals surface area contributed by atoms with E-state index in [4.69, 9.17) is 5.26 Å². The van der Waals surface area contributed by atoms with Gasteiger partial charge in [-0.3, -0.25) is 0 Å². The highest BCUT2D eigenvalue weighted by Crippen LogP contribution is 2.45. The zero-order chi connectivity index (χ0) is 12.3. The molecule has 1 saturated carbocycles. The van der Waals surface area contributed by atoms with Crippen molar-refractivity contribution in [2.75, 3.05) is 18.5 Å². The number of benzene rings is 1. The number of rotatable bonds is 5. The molecule has 0 amide bonds. The first-order chi connectivity index (χ1) is 8.19. The van der Waals surface area contributed by atoms with Gasteiger partial charge in [0.05, 0.1) is 11.5 Å². The monoisotopic (exact) mass is 228 g/mol. The summed E-state index contributed by atoms with van der Waals surface area (Å²) < 4.78 is 0. The molecule has 0 unspecified atom stereocenters. The van der Waals surface area contributed by atoms with Gasteiger partial charge in [-0.2, -0.15) is 5.26 Å². The maximum atomic E-state index is 9.09. The van der Waals surface area contributed by atoms with Crippen LogP contribution in [0.25, 0.3) is 0 Å². The van der Waals surface area contributed by atoms with Crippen molar-refractivity contribution in [1.82, 2.24) is 0 Å². The fraction of sp³-hybridized carbons (Fsp3) is 0.533. The highest BCUT2D eigenvalue weighted by atomic mass is 15.1. The van der Waals surface area contributed by atoms with E-state index in [1.807, 2.05) is 0 Å². The normalized spacial score (nSPS) is 16.3. The Morgan fingerprint density at radius 3 is 2.41 bits per heavy atom. The van der Waals surface area contributed by atoms with Crippen molar-refractivity contribution >= 4 is 5.69 Å². The third-order valence-corrected chi connectivity index (χ3v) is 3.55. The van der Waals surface area contributed by atoms with Crippen molar-refractivity contribution in [3.8, 4) is 6.07 Å². The van der Waals surface area contributed by atoms with E-state index in [9.17, 15) is 0 Å². The Balaban J connectivity index is 2.00. The average molecular weight is 228 g/mol. The second-order valence-electron chi connectivity index (χ2n) is 5.16. The fourth-order valence-electron chi connectivity index (χ4n) is 2.21. The number of nitriles is 1. The molecular weight excluding hydrogens is 208 g/mol. The third-order valence-electron chi connectivity index (χ3n) is 3.55. The lowest BCUT2D eigenvalue weighted by Crippen LogP contribution is -2.25. The molecule has 1 aromatic rings. The Kier molecular flexibility index (Phi) is 3.38. The Morgan fingerprint density at radius 1 is 1.29 bits per heavy atom. The average Bonchev–Trinajstić information content (AvgIpc) is 3.11. The van der Waals surface area contributed by atoms with Crippen molar-refractivity contribution in [3.05, 3.63) is 29.8 Å². The summed E-state index contributed by atoms with van der Waals surface area (Å²) in [5.74, 6) is 0. The van der Waals surface area contributed by atoms with Crippen LogP contribution in [0, 0.1) is 16.7 Å². The summed E-state index contributed by atoms with van der Waals surface area (Å²) in [5, 5.41) is 9.09. The minimum Gasteiger partial charge on any atom is -0.373 e. The number of hydrogen-bond donors (Lipinski definition) is 0. The van der Waals surface area contributed by atoms with Gasteiger partial charge in [-0.15, -0.1) is 0 Å². The van der Waals surface area contributed by atoms with Crippen LogP contribution in [-0.4, -0.2) is 13.6 Å². The predicted molar refractivity (Wildman–Crippen MR) is 71.0 cm³/mol. The molecule has 0 aromatic heterocycles.